The maximum atomic E-state index is 11.8. The van der Waals surface area contributed by atoms with E-state index in [1.807, 2.05) is 6.92 Å². The molecule has 0 fully saturated rings. The topological polar surface area (TPSA) is 100 Å². The van der Waals surface area contributed by atoms with Crippen molar-refractivity contribution in [2.45, 2.75) is 26.3 Å². The van der Waals surface area contributed by atoms with E-state index in [-0.39, 0.29) is 17.7 Å². The number of benzene rings is 1. The lowest BCUT2D eigenvalue weighted by Gasteiger charge is -2.05. The summed E-state index contributed by atoms with van der Waals surface area (Å²) in [4.78, 5) is 26.4. The van der Waals surface area contributed by atoms with E-state index in [2.05, 4.69) is 4.99 Å². The van der Waals surface area contributed by atoms with Crippen LogP contribution < -0.4 is 5.63 Å². The third-order valence-corrected chi connectivity index (χ3v) is 3.00. The molecule has 0 aliphatic rings. The molecule has 2 N–H and O–H groups in total. The van der Waals surface area contributed by atoms with Crippen LogP contribution in [0.3, 0.4) is 0 Å². The Morgan fingerprint density at radius 1 is 1.48 bits per heavy atom. The van der Waals surface area contributed by atoms with E-state index in [1.54, 1.807) is 25.1 Å². The molecule has 0 aliphatic heterocycles. The number of carbonyl (C=O) groups is 1. The van der Waals surface area contributed by atoms with Gasteiger partial charge in [-0.05, 0) is 26.0 Å². The summed E-state index contributed by atoms with van der Waals surface area (Å²) in [6.45, 7) is 3.46. The quantitative estimate of drug-likeness (QED) is 0.663. The van der Waals surface area contributed by atoms with Gasteiger partial charge in [-0.2, -0.15) is 0 Å². The van der Waals surface area contributed by atoms with E-state index in [0.29, 0.717) is 11.0 Å². The number of fused-ring (bicyclic) bond motifs is 1. The summed E-state index contributed by atoms with van der Waals surface area (Å²) in [5.74, 6) is -1.19. The Labute approximate surface area is 120 Å². The lowest BCUT2D eigenvalue weighted by molar-refractivity contribution is -0.137. The summed E-state index contributed by atoms with van der Waals surface area (Å²) >= 11 is 0. The monoisotopic (exact) mass is 289 g/mol. The number of nitrogens with zero attached hydrogens (tertiary/aromatic N) is 1. The highest BCUT2D eigenvalue weighted by atomic mass is 16.4. The smallest absolute Gasteiger partial charge is 0.348 e. The van der Waals surface area contributed by atoms with Gasteiger partial charge in [-0.15, -0.1) is 0 Å². The summed E-state index contributed by atoms with van der Waals surface area (Å²) < 4.78 is 5.12. The number of hydrogen-bond acceptors (Lipinski definition) is 5. The highest BCUT2D eigenvalue weighted by Gasteiger charge is 2.13. The first-order valence-corrected chi connectivity index (χ1v) is 6.40. The van der Waals surface area contributed by atoms with Crippen LogP contribution in [0, 0.1) is 6.92 Å². The predicted molar refractivity (Wildman–Crippen MR) is 78.2 cm³/mol. The van der Waals surface area contributed by atoms with Crippen molar-refractivity contribution in [3.8, 4) is 5.75 Å². The highest BCUT2D eigenvalue weighted by Crippen LogP contribution is 2.26. The number of carboxylic acid groups (broad SMARTS) is 1. The van der Waals surface area contributed by atoms with Crippen molar-refractivity contribution in [1.82, 2.24) is 0 Å². The van der Waals surface area contributed by atoms with Gasteiger partial charge < -0.3 is 14.6 Å². The van der Waals surface area contributed by atoms with Gasteiger partial charge in [0.05, 0.1) is 17.8 Å². The molecule has 6 nitrogen and oxygen atoms in total. The standard InChI is InChI=1S/C15H15NO5/c1-8-3-4-12-10(5-8)14(19)11(15(20)21-12)7-16-9(2)6-13(17)18/h3-5,7,9,19H,6H2,1-2H3,(H,17,18). The van der Waals surface area contributed by atoms with Crippen LogP contribution >= 0.6 is 0 Å². The molecule has 1 unspecified atom stereocenters. The molecule has 0 bridgehead atoms. The minimum Gasteiger partial charge on any atom is -0.506 e. The molecule has 0 radical (unpaired) electrons. The molecule has 0 saturated heterocycles. The third-order valence-electron chi connectivity index (χ3n) is 3.00. The first-order chi connectivity index (χ1) is 9.88. The van der Waals surface area contributed by atoms with Crippen molar-refractivity contribution in [3.63, 3.8) is 0 Å². The van der Waals surface area contributed by atoms with Gasteiger partial charge in [0.1, 0.15) is 16.9 Å². The normalized spacial score (nSPS) is 12.9. The fourth-order valence-electron chi connectivity index (χ4n) is 1.94. The van der Waals surface area contributed by atoms with E-state index in [1.165, 1.54) is 0 Å². The lowest BCUT2D eigenvalue weighted by atomic mass is 10.1. The van der Waals surface area contributed by atoms with Crippen LogP contribution in [0.15, 0.2) is 32.4 Å². The van der Waals surface area contributed by atoms with Crippen molar-refractivity contribution in [2.24, 2.45) is 4.99 Å². The third kappa shape index (κ3) is 3.28. The molecule has 0 spiro atoms. The number of aromatic hydroxyl groups is 1. The van der Waals surface area contributed by atoms with Crippen LogP contribution in [-0.2, 0) is 4.79 Å². The Morgan fingerprint density at radius 2 is 2.19 bits per heavy atom. The molecule has 2 aromatic rings. The van der Waals surface area contributed by atoms with Gasteiger partial charge in [0.25, 0.3) is 0 Å². The number of aliphatic imine (C=N–C) groups is 1. The molecule has 21 heavy (non-hydrogen) atoms. The summed E-state index contributed by atoms with van der Waals surface area (Å²) in [6, 6.07) is 4.58. The second-order valence-corrected chi connectivity index (χ2v) is 4.88. The Kier molecular flexibility index (Phi) is 4.07. The zero-order valence-electron chi connectivity index (χ0n) is 11.7. The van der Waals surface area contributed by atoms with Crippen molar-refractivity contribution in [1.29, 1.82) is 0 Å². The average molecular weight is 289 g/mol. The van der Waals surface area contributed by atoms with Crippen LogP contribution in [0.1, 0.15) is 24.5 Å². The zero-order valence-corrected chi connectivity index (χ0v) is 11.7. The first kappa shape index (κ1) is 14.8. The molecule has 0 saturated carbocycles. The maximum Gasteiger partial charge on any atom is 0.348 e. The molecular formula is C15H15NO5. The molecular weight excluding hydrogens is 274 g/mol. The molecule has 110 valence electrons. The first-order valence-electron chi connectivity index (χ1n) is 6.40. The van der Waals surface area contributed by atoms with Gasteiger partial charge in [-0.1, -0.05) is 11.6 Å². The number of rotatable bonds is 4. The molecule has 1 aromatic carbocycles. The number of aryl methyl sites for hydroxylation is 1. The second kappa shape index (κ2) is 5.78. The fraction of sp³-hybridized carbons (Fsp3) is 0.267. The second-order valence-electron chi connectivity index (χ2n) is 4.88. The lowest BCUT2D eigenvalue weighted by Crippen LogP contribution is -2.11. The summed E-state index contributed by atoms with van der Waals surface area (Å²) in [7, 11) is 0. The zero-order chi connectivity index (χ0) is 15.6. The Hall–Kier alpha value is -2.63. The molecule has 1 heterocycles. The van der Waals surface area contributed by atoms with Gasteiger partial charge in [0.15, 0.2) is 0 Å². The van der Waals surface area contributed by atoms with Crippen LogP contribution in [-0.4, -0.2) is 28.4 Å². The minimum atomic E-state index is -0.981. The average Bonchev–Trinajstić information content (AvgIpc) is 2.38. The SMILES string of the molecule is Cc1ccc2oc(=O)c(C=NC(C)CC(=O)O)c(O)c2c1. The van der Waals surface area contributed by atoms with Crippen LogP contribution in [0.2, 0.25) is 0 Å². The van der Waals surface area contributed by atoms with E-state index in [9.17, 15) is 14.7 Å². The van der Waals surface area contributed by atoms with Gasteiger partial charge in [-0.3, -0.25) is 9.79 Å². The van der Waals surface area contributed by atoms with Crippen molar-refractivity contribution in [2.75, 3.05) is 0 Å². The van der Waals surface area contributed by atoms with Crippen LogP contribution in [0.4, 0.5) is 0 Å². The molecule has 0 aliphatic carbocycles. The number of aliphatic carboxylic acids is 1. The van der Waals surface area contributed by atoms with E-state index >= 15 is 0 Å². The summed E-state index contributed by atoms with van der Waals surface area (Å²) in [5.41, 5.74) is 0.410. The number of hydrogen-bond donors (Lipinski definition) is 2. The molecule has 1 atom stereocenters. The van der Waals surface area contributed by atoms with E-state index in [0.717, 1.165) is 11.8 Å². The van der Waals surface area contributed by atoms with E-state index < -0.39 is 17.6 Å². The highest BCUT2D eigenvalue weighted by molar-refractivity contribution is 5.93. The van der Waals surface area contributed by atoms with Gasteiger partial charge in [0, 0.05) is 6.21 Å². The molecule has 2 rings (SSSR count). The minimum absolute atomic E-state index is 0.0784. The largest absolute Gasteiger partial charge is 0.506 e. The predicted octanol–water partition coefficient (Wildman–Crippen LogP) is 2.09. The summed E-state index contributed by atoms with van der Waals surface area (Å²) in [5, 5.41) is 19.3. The summed E-state index contributed by atoms with van der Waals surface area (Å²) in [6.07, 6.45) is 1.01. The fourth-order valence-corrected chi connectivity index (χ4v) is 1.94. The van der Waals surface area contributed by atoms with Crippen molar-refractivity contribution < 1.29 is 19.4 Å². The molecule has 1 aromatic heterocycles. The van der Waals surface area contributed by atoms with Crippen molar-refractivity contribution >= 4 is 23.2 Å². The van der Waals surface area contributed by atoms with Crippen molar-refractivity contribution in [3.05, 3.63) is 39.7 Å². The molecule has 6 heteroatoms. The maximum absolute atomic E-state index is 11.8. The van der Waals surface area contributed by atoms with Crippen LogP contribution in [0.25, 0.3) is 11.0 Å². The Morgan fingerprint density at radius 3 is 2.86 bits per heavy atom. The van der Waals surface area contributed by atoms with E-state index in [4.69, 9.17) is 9.52 Å². The number of carboxylic acids is 1. The van der Waals surface area contributed by atoms with Gasteiger partial charge in [0.2, 0.25) is 0 Å². The van der Waals surface area contributed by atoms with Gasteiger partial charge in [-0.25, -0.2) is 4.79 Å². The van der Waals surface area contributed by atoms with Crippen LogP contribution in [0.5, 0.6) is 5.75 Å². The Balaban J connectivity index is 2.47. The Bertz CT molecular complexity index is 775. The molecule has 0 amide bonds. The van der Waals surface area contributed by atoms with Gasteiger partial charge >= 0.3 is 11.6 Å².